The fourth-order valence-electron chi connectivity index (χ4n) is 2.82. The minimum Gasteiger partial charge on any atom is -0.457 e. The van der Waals surface area contributed by atoms with Crippen molar-refractivity contribution in [2.45, 2.75) is 0 Å². The lowest BCUT2D eigenvalue weighted by atomic mass is 10.1. The van der Waals surface area contributed by atoms with Crippen molar-refractivity contribution >= 4 is 10.9 Å². The van der Waals surface area contributed by atoms with E-state index in [0.717, 1.165) is 22.2 Å². The van der Waals surface area contributed by atoms with Gasteiger partial charge in [-0.25, -0.2) is 0 Å². The predicted molar refractivity (Wildman–Crippen MR) is 99.7 cm³/mol. The highest BCUT2D eigenvalue weighted by atomic mass is 16.5. The average molecular weight is 335 g/mol. The first-order valence-electron chi connectivity index (χ1n) is 8.06. The fourth-order valence-corrected chi connectivity index (χ4v) is 2.82. The highest BCUT2D eigenvalue weighted by Crippen LogP contribution is 2.28. The van der Waals surface area contributed by atoms with Crippen LogP contribution in [0, 0.1) is 22.7 Å². The van der Waals surface area contributed by atoms with E-state index in [1.54, 1.807) is 18.2 Å². The van der Waals surface area contributed by atoms with Crippen molar-refractivity contribution in [3.63, 3.8) is 0 Å². The zero-order valence-electron chi connectivity index (χ0n) is 13.7. The maximum absolute atomic E-state index is 9.01. The van der Waals surface area contributed by atoms with Gasteiger partial charge in [-0.3, -0.25) is 0 Å². The number of benzene rings is 3. The molecule has 1 aromatic heterocycles. The van der Waals surface area contributed by atoms with E-state index in [-0.39, 0.29) is 0 Å². The van der Waals surface area contributed by atoms with Gasteiger partial charge in [0.05, 0.1) is 23.3 Å². The molecular formula is C22H13N3O. The molecule has 26 heavy (non-hydrogen) atoms. The molecule has 4 rings (SSSR count). The highest BCUT2D eigenvalue weighted by molar-refractivity contribution is 5.86. The summed E-state index contributed by atoms with van der Waals surface area (Å²) in [5.41, 5.74) is 4.14. The Morgan fingerprint density at radius 1 is 0.731 bits per heavy atom. The summed E-state index contributed by atoms with van der Waals surface area (Å²) in [4.78, 5) is 3.34. The summed E-state index contributed by atoms with van der Waals surface area (Å²) in [6, 6.07) is 26.7. The average Bonchev–Trinajstić information content (AvgIpc) is 3.12. The minimum atomic E-state index is 0.564. The second-order valence-electron chi connectivity index (χ2n) is 5.86. The normalized spacial score (nSPS) is 10.2. The van der Waals surface area contributed by atoms with E-state index in [2.05, 4.69) is 23.2 Å². The molecular weight excluding hydrogens is 322 g/mol. The van der Waals surface area contributed by atoms with Crippen LogP contribution in [-0.4, -0.2) is 4.98 Å². The van der Waals surface area contributed by atoms with Crippen LogP contribution in [0.4, 0.5) is 0 Å². The topological polar surface area (TPSA) is 72.6 Å². The van der Waals surface area contributed by atoms with Gasteiger partial charge in [0, 0.05) is 16.6 Å². The molecule has 0 atom stereocenters. The first-order valence-corrected chi connectivity index (χ1v) is 8.06. The number of aromatic nitrogens is 1. The molecule has 1 N–H and O–H groups in total. The van der Waals surface area contributed by atoms with E-state index >= 15 is 0 Å². The Morgan fingerprint density at radius 3 is 2.27 bits per heavy atom. The fraction of sp³-hybridized carbons (Fsp3) is 0. The maximum atomic E-state index is 9.01. The summed E-state index contributed by atoms with van der Waals surface area (Å²) in [5, 5.41) is 19.0. The van der Waals surface area contributed by atoms with Gasteiger partial charge in [0.15, 0.2) is 0 Å². The van der Waals surface area contributed by atoms with Crippen molar-refractivity contribution < 1.29 is 4.74 Å². The van der Waals surface area contributed by atoms with Gasteiger partial charge >= 0.3 is 0 Å². The van der Waals surface area contributed by atoms with Gasteiger partial charge in [0.2, 0.25) is 0 Å². The Morgan fingerprint density at radius 2 is 1.50 bits per heavy atom. The Labute approximate surface area is 150 Å². The molecule has 4 nitrogen and oxygen atoms in total. The third kappa shape index (κ3) is 3.00. The van der Waals surface area contributed by atoms with Crippen LogP contribution in [0.3, 0.4) is 0 Å². The smallest absolute Gasteiger partial charge is 0.128 e. The summed E-state index contributed by atoms with van der Waals surface area (Å²) < 4.78 is 5.80. The Bertz CT molecular complexity index is 1170. The largest absolute Gasteiger partial charge is 0.457 e. The summed E-state index contributed by atoms with van der Waals surface area (Å²) in [5.74, 6) is 1.33. The molecule has 0 unspecified atom stereocenters. The van der Waals surface area contributed by atoms with Crippen molar-refractivity contribution in [2.75, 3.05) is 0 Å². The Hall–Kier alpha value is -4.02. The van der Waals surface area contributed by atoms with E-state index in [9.17, 15) is 0 Å². The first kappa shape index (κ1) is 15.5. The van der Waals surface area contributed by atoms with Crippen LogP contribution in [0.2, 0.25) is 0 Å². The zero-order chi connectivity index (χ0) is 17.9. The van der Waals surface area contributed by atoms with Crippen molar-refractivity contribution in [2.24, 2.45) is 0 Å². The number of nitrogens with one attached hydrogen (secondary N) is 1. The monoisotopic (exact) mass is 335 g/mol. The molecule has 0 saturated carbocycles. The molecule has 0 aliphatic carbocycles. The number of aromatic amines is 1. The molecule has 0 saturated heterocycles. The Kier molecular flexibility index (Phi) is 3.86. The van der Waals surface area contributed by atoms with Crippen molar-refractivity contribution in [3.8, 4) is 34.9 Å². The van der Waals surface area contributed by atoms with Crippen LogP contribution in [0.25, 0.3) is 22.2 Å². The molecule has 1 heterocycles. The third-order valence-corrected chi connectivity index (χ3v) is 4.12. The van der Waals surface area contributed by atoms with Gasteiger partial charge in [0.1, 0.15) is 11.5 Å². The second kappa shape index (κ2) is 6.47. The molecule has 0 aliphatic heterocycles. The van der Waals surface area contributed by atoms with Gasteiger partial charge in [0.25, 0.3) is 0 Å². The number of ether oxygens (including phenoxy) is 1. The van der Waals surface area contributed by atoms with Crippen LogP contribution in [-0.2, 0) is 0 Å². The Balaban J connectivity index is 1.59. The molecule has 0 fully saturated rings. The van der Waals surface area contributed by atoms with Gasteiger partial charge < -0.3 is 9.72 Å². The van der Waals surface area contributed by atoms with Crippen molar-refractivity contribution in [1.29, 1.82) is 10.5 Å². The molecule has 0 spiro atoms. The zero-order valence-corrected chi connectivity index (χ0v) is 13.7. The number of fused-ring (bicyclic) bond motifs is 1. The summed E-state index contributed by atoms with van der Waals surface area (Å²) in [6.45, 7) is 0. The second-order valence-corrected chi connectivity index (χ2v) is 5.86. The standard InChI is InChI=1S/C22H13N3O/c23-13-15-2-1-3-20(10-15)26-19-8-6-17(7-9-19)22-12-18-5-4-16(14-24)11-21(18)25-22/h1-12,25H. The molecule has 0 amide bonds. The van der Waals surface area contributed by atoms with E-state index in [0.29, 0.717) is 22.6 Å². The van der Waals surface area contributed by atoms with Gasteiger partial charge in [-0.05, 0) is 66.2 Å². The molecule has 0 bridgehead atoms. The summed E-state index contributed by atoms with van der Waals surface area (Å²) in [7, 11) is 0. The maximum Gasteiger partial charge on any atom is 0.128 e. The molecule has 3 aromatic carbocycles. The van der Waals surface area contributed by atoms with Gasteiger partial charge in [-0.15, -0.1) is 0 Å². The number of nitrogens with zero attached hydrogens (tertiary/aromatic N) is 2. The predicted octanol–water partition coefficient (Wildman–Crippen LogP) is 5.37. The SMILES string of the molecule is N#Cc1cccc(Oc2ccc(-c3cc4ccc(C#N)cc4[nH]3)cc2)c1. The molecule has 0 aliphatic rings. The quantitative estimate of drug-likeness (QED) is 0.547. The third-order valence-electron chi connectivity index (χ3n) is 4.12. The van der Waals surface area contributed by atoms with Crippen LogP contribution in [0.5, 0.6) is 11.5 Å². The van der Waals surface area contributed by atoms with E-state index < -0.39 is 0 Å². The van der Waals surface area contributed by atoms with Gasteiger partial charge in [-0.2, -0.15) is 10.5 Å². The van der Waals surface area contributed by atoms with E-state index in [1.807, 2.05) is 48.5 Å². The van der Waals surface area contributed by atoms with Crippen molar-refractivity contribution in [3.05, 3.63) is 83.9 Å². The number of H-pyrrole nitrogens is 1. The minimum absolute atomic E-state index is 0.564. The van der Waals surface area contributed by atoms with Crippen molar-refractivity contribution in [1.82, 2.24) is 4.98 Å². The number of hydrogen-bond donors (Lipinski definition) is 1. The molecule has 122 valence electrons. The van der Waals surface area contributed by atoms with Gasteiger partial charge in [-0.1, -0.05) is 12.1 Å². The summed E-state index contributed by atoms with van der Waals surface area (Å²) >= 11 is 0. The van der Waals surface area contributed by atoms with E-state index in [4.69, 9.17) is 15.3 Å². The van der Waals surface area contributed by atoms with Crippen LogP contribution in [0.15, 0.2) is 72.8 Å². The number of nitriles is 2. The molecule has 4 heteroatoms. The van der Waals surface area contributed by atoms with Crippen LogP contribution in [0.1, 0.15) is 11.1 Å². The lowest BCUT2D eigenvalue weighted by molar-refractivity contribution is 0.482. The number of rotatable bonds is 3. The summed E-state index contributed by atoms with van der Waals surface area (Å²) in [6.07, 6.45) is 0. The van der Waals surface area contributed by atoms with Crippen LogP contribution >= 0.6 is 0 Å². The molecule has 0 radical (unpaired) electrons. The van der Waals surface area contributed by atoms with Crippen LogP contribution < -0.4 is 4.74 Å². The number of hydrogen-bond acceptors (Lipinski definition) is 3. The van der Waals surface area contributed by atoms with E-state index in [1.165, 1.54) is 0 Å². The lowest BCUT2D eigenvalue weighted by Gasteiger charge is -2.06. The molecule has 4 aromatic rings. The lowest BCUT2D eigenvalue weighted by Crippen LogP contribution is -1.85. The first-order chi connectivity index (χ1) is 12.7. The highest BCUT2D eigenvalue weighted by Gasteiger charge is 2.05.